The molecule has 1 aliphatic rings. The van der Waals surface area contributed by atoms with E-state index in [1.165, 1.54) is 0 Å². The molecule has 1 aliphatic heterocycles. The Bertz CT molecular complexity index is 1160. The number of halogens is 3. The van der Waals surface area contributed by atoms with Crippen molar-refractivity contribution >= 4 is 57.9 Å². The van der Waals surface area contributed by atoms with Gasteiger partial charge in [-0.15, -0.1) is 0 Å². The van der Waals surface area contributed by atoms with Crippen LogP contribution in [-0.2, 0) is 4.79 Å². The summed E-state index contributed by atoms with van der Waals surface area (Å²) < 4.78 is 19.9. The van der Waals surface area contributed by atoms with Crippen molar-refractivity contribution in [3.05, 3.63) is 58.5 Å². The molecule has 3 aromatic rings. The largest absolute Gasteiger partial charge is 0.476 e. The van der Waals surface area contributed by atoms with Gasteiger partial charge in [0.15, 0.2) is 17.2 Å². The van der Waals surface area contributed by atoms with Crippen LogP contribution in [0.25, 0.3) is 0 Å². The summed E-state index contributed by atoms with van der Waals surface area (Å²) in [5.41, 5.74) is 0.668. The number of anilines is 5. The number of rotatable bonds is 4. The van der Waals surface area contributed by atoms with Crippen LogP contribution in [0.5, 0.6) is 5.75 Å². The van der Waals surface area contributed by atoms with E-state index in [0.29, 0.717) is 32.9 Å². The minimum Gasteiger partial charge on any atom is -0.476 e. The van der Waals surface area contributed by atoms with Gasteiger partial charge in [0.25, 0.3) is 5.91 Å². The highest BCUT2D eigenvalue weighted by Crippen LogP contribution is 2.36. The number of benzene rings is 2. The van der Waals surface area contributed by atoms with E-state index in [0.717, 1.165) is 6.20 Å². The topological polar surface area (TPSA) is 88.2 Å². The van der Waals surface area contributed by atoms with E-state index >= 15 is 0 Å². The zero-order chi connectivity index (χ0) is 21.5. The lowest BCUT2D eigenvalue weighted by molar-refractivity contribution is -0.129. The number of nitrogens with one attached hydrogen (secondary N) is 3. The summed E-state index contributed by atoms with van der Waals surface area (Å²) >= 11 is 11.9. The van der Waals surface area contributed by atoms with Crippen LogP contribution >= 0.6 is 23.2 Å². The van der Waals surface area contributed by atoms with Crippen LogP contribution in [0.1, 0.15) is 13.8 Å². The summed E-state index contributed by atoms with van der Waals surface area (Å²) in [4.78, 5) is 20.2. The fourth-order valence-corrected chi connectivity index (χ4v) is 3.04. The van der Waals surface area contributed by atoms with Crippen molar-refractivity contribution in [3.63, 3.8) is 0 Å². The number of aromatic nitrogens is 2. The van der Waals surface area contributed by atoms with E-state index in [4.69, 9.17) is 27.9 Å². The second-order valence-electron chi connectivity index (χ2n) is 7.05. The third-order valence-corrected chi connectivity index (χ3v) is 5.06. The van der Waals surface area contributed by atoms with Crippen LogP contribution in [0.4, 0.5) is 33.2 Å². The molecule has 2 heterocycles. The first-order valence-corrected chi connectivity index (χ1v) is 9.63. The van der Waals surface area contributed by atoms with Crippen LogP contribution < -0.4 is 20.7 Å². The Hall–Kier alpha value is -3.10. The Balaban J connectivity index is 1.56. The molecule has 0 aliphatic carbocycles. The number of hydrogen-bond acceptors (Lipinski definition) is 6. The van der Waals surface area contributed by atoms with Gasteiger partial charge in [0.05, 0.1) is 21.9 Å². The summed E-state index contributed by atoms with van der Waals surface area (Å²) in [5, 5.41) is 9.34. The molecule has 0 bridgehead atoms. The Morgan fingerprint density at radius 2 is 1.80 bits per heavy atom. The molecule has 0 spiro atoms. The molecule has 0 radical (unpaired) electrons. The van der Waals surface area contributed by atoms with Crippen LogP contribution in [0.15, 0.2) is 42.6 Å². The van der Waals surface area contributed by atoms with Crippen molar-refractivity contribution in [1.82, 2.24) is 9.97 Å². The molecule has 0 atom stereocenters. The fourth-order valence-electron chi connectivity index (χ4n) is 2.74. The maximum Gasteiger partial charge on any atom is 0.268 e. The Morgan fingerprint density at radius 3 is 2.57 bits per heavy atom. The maximum atomic E-state index is 14.2. The van der Waals surface area contributed by atoms with Crippen LogP contribution in [-0.4, -0.2) is 21.5 Å². The molecule has 30 heavy (non-hydrogen) atoms. The second kappa shape index (κ2) is 7.62. The average molecular weight is 448 g/mol. The molecular formula is C20H16Cl2FN5O2. The first-order chi connectivity index (χ1) is 14.2. The van der Waals surface area contributed by atoms with Gasteiger partial charge in [0.2, 0.25) is 5.95 Å². The normalized spacial score (nSPS) is 14.4. The zero-order valence-corrected chi connectivity index (χ0v) is 17.4. The number of fused-ring (bicyclic) bond motifs is 1. The van der Waals surface area contributed by atoms with Crippen molar-refractivity contribution in [2.75, 3.05) is 16.0 Å². The second-order valence-corrected chi connectivity index (χ2v) is 7.86. The number of carbonyl (C=O) groups is 1. The molecule has 1 aromatic heterocycles. The monoisotopic (exact) mass is 447 g/mol. The van der Waals surface area contributed by atoms with Gasteiger partial charge in [-0.25, -0.2) is 9.37 Å². The molecule has 4 rings (SSSR count). The van der Waals surface area contributed by atoms with Crippen molar-refractivity contribution in [2.24, 2.45) is 0 Å². The van der Waals surface area contributed by atoms with E-state index in [1.54, 1.807) is 50.2 Å². The van der Waals surface area contributed by atoms with Crippen LogP contribution in [0, 0.1) is 5.82 Å². The summed E-state index contributed by atoms with van der Waals surface area (Å²) in [5.74, 6) is -0.227. The molecular weight excluding hydrogens is 432 g/mol. The standard InChI is InChI=1S/C20H16Cl2FN5O2/c1-20(2)18(29)27-15-8-11(4-6-16(15)30-20)26-19-24-9-14(23)17(28-19)25-10-3-5-12(21)13(22)7-10/h3-9H,1-2H3,(H,27,29)(H2,24,25,26,28). The summed E-state index contributed by atoms with van der Waals surface area (Å²) in [6.07, 6.45) is 1.04. The van der Waals surface area contributed by atoms with Crippen LogP contribution in [0.2, 0.25) is 10.0 Å². The SMILES string of the molecule is CC1(C)Oc2ccc(Nc3ncc(F)c(Nc4ccc(Cl)c(Cl)c4)n3)cc2NC1=O. The van der Waals surface area contributed by atoms with Crippen molar-refractivity contribution in [3.8, 4) is 5.75 Å². The highest BCUT2D eigenvalue weighted by Gasteiger charge is 2.35. The molecule has 1 amide bonds. The quantitative estimate of drug-likeness (QED) is 0.487. The smallest absolute Gasteiger partial charge is 0.268 e. The maximum absolute atomic E-state index is 14.2. The predicted molar refractivity (Wildman–Crippen MR) is 115 cm³/mol. The van der Waals surface area contributed by atoms with E-state index < -0.39 is 11.4 Å². The van der Waals surface area contributed by atoms with E-state index in [-0.39, 0.29) is 17.7 Å². The van der Waals surface area contributed by atoms with Gasteiger partial charge in [-0.05, 0) is 50.2 Å². The number of hydrogen-bond donors (Lipinski definition) is 3. The highest BCUT2D eigenvalue weighted by molar-refractivity contribution is 6.42. The Morgan fingerprint density at radius 1 is 1.07 bits per heavy atom. The molecule has 0 saturated carbocycles. The molecule has 0 unspecified atom stereocenters. The lowest BCUT2D eigenvalue weighted by Crippen LogP contribution is -2.45. The summed E-state index contributed by atoms with van der Waals surface area (Å²) in [6, 6.07) is 9.95. The van der Waals surface area contributed by atoms with E-state index in [2.05, 4.69) is 25.9 Å². The predicted octanol–water partition coefficient (Wildman–Crippen LogP) is 5.52. The molecule has 0 fully saturated rings. The minimum atomic E-state index is -0.951. The Labute approximate surface area is 181 Å². The summed E-state index contributed by atoms with van der Waals surface area (Å²) in [6.45, 7) is 3.37. The third kappa shape index (κ3) is 4.10. The zero-order valence-electron chi connectivity index (χ0n) is 15.9. The average Bonchev–Trinajstić information content (AvgIpc) is 2.68. The molecule has 2 aromatic carbocycles. The number of nitrogens with zero attached hydrogens (tertiary/aromatic N) is 2. The number of carbonyl (C=O) groups excluding carboxylic acids is 1. The minimum absolute atomic E-state index is 0.0396. The first-order valence-electron chi connectivity index (χ1n) is 8.87. The molecule has 7 nitrogen and oxygen atoms in total. The fraction of sp³-hybridized carbons (Fsp3) is 0.150. The van der Waals surface area contributed by atoms with Gasteiger partial charge < -0.3 is 20.7 Å². The highest BCUT2D eigenvalue weighted by atomic mass is 35.5. The van der Waals surface area contributed by atoms with Crippen molar-refractivity contribution in [1.29, 1.82) is 0 Å². The summed E-state index contributed by atoms with van der Waals surface area (Å²) in [7, 11) is 0. The van der Waals surface area contributed by atoms with Gasteiger partial charge in [0, 0.05) is 11.4 Å². The van der Waals surface area contributed by atoms with E-state index in [1.807, 2.05) is 0 Å². The molecule has 10 heteroatoms. The molecule has 154 valence electrons. The third-order valence-electron chi connectivity index (χ3n) is 4.32. The van der Waals surface area contributed by atoms with Gasteiger partial charge in [-0.2, -0.15) is 4.98 Å². The van der Waals surface area contributed by atoms with Crippen molar-refractivity contribution in [2.45, 2.75) is 19.4 Å². The molecule has 0 saturated heterocycles. The lowest BCUT2D eigenvalue weighted by atomic mass is 10.1. The van der Waals surface area contributed by atoms with E-state index in [9.17, 15) is 9.18 Å². The lowest BCUT2D eigenvalue weighted by Gasteiger charge is -2.31. The Kier molecular flexibility index (Phi) is 5.13. The number of amides is 1. The van der Waals surface area contributed by atoms with Gasteiger partial charge in [0.1, 0.15) is 5.75 Å². The van der Waals surface area contributed by atoms with Gasteiger partial charge in [-0.1, -0.05) is 23.2 Å². The van der Waals surface area contributed by atoms with Gasteiger partial charge >= 0.3 is 0 Å². The van der Waals surface area contributed by atoms with Crippen LogP contribution in [0.3, 0.4) is 0 Å². The van der Waals surface area contributed by atoms with Gasteiger partial charge in [-0.3, -0.25) is 4.79 Å². The van der Waals surface area contributed by atoms with Crippen molar-refractivity contribution < 1.29 is 13.9 Å². The molecule has 3 N–H and O–H groups in total. The first kappa shape index (κ1) is 20.2. The number of ether oxygens (including phenoxy) is 1.